The minimum Gasteiger partial charge on any atom is -0.312 e. The van der Waals surface area contributed by atoms with E-state index in [1.165, 1.54) is 5.69 Å². The second kappa shape index (κ2) is 3.92. The van der Waals surface area contributed by atoms with Gasteiger partial charge in [-0.2, -0.15) is 5.10 Å². The zero-order valence-electron chi connectivity index (χ0n) is 8.96. The van der Waals surface area contributed by atoms with Gasteiger partial charge in [-0.3, -0.25) is 4.68 Å². The molecule has 0 spiro atoms. The Hall–Kier alpha value is -0.830. The van der Waals surface area contributed by atoms with E-state index in [2.05, 4.69) is 37.3 Å². The molecule has 74 valence electrons. The van der Waals surface area contributed by atoms with Crippen molar-refractivity contribution < 1.29 is 0 Å². The molecule has 0 unspecified atom stereocenters. The van der Waals surface area contributed by atoms with Gasteiger partial charge in [-0.1, -0.05) is 0 Å². The van der Waals surface area contributed by atoms with Gasteiger partial charge in [0.15, 0.2) is 0 Å². The van der Waals surface area contributed by atoms with E-state index in [4.69, 9.17) is 0 Å². The van der Waals surface area contributed by atoms with Crippen LogP contribution in [0, 0.1) is 0 Å². The van der Waals surface area contributed by atoms with Gasteiger partial charge in [0.1, 0.15) is 0 Å². The molecule has 0 aliphatic heterocycles. The van der Waals surface area contributed by atoms with E-state index in [0.717, 1.165) is 13.0 Å². The second-order valence-electron chi connectivity index (χ2n) is 4.37. The molecule has 0 amide bonds. The lowest BCUT2D eigenvalue weighted by Gasteiger charge is -2.20. The number of hydrogen-bond acceptors (Lipinski definition) is 2. The van der Waals surface area contributed by atoms with Crippen LogP contribution < -0.4 is 5.32 Å². The summed E-state index contributed by atoms with van der Waals surface area (Å²) in [6.07, 6.45) is 2.88. The lowest BCUT2D eigenvalue weighted by Crippen LogP contribution is -2.37. The summed E-state index contributed by atoms with van der Waals surface area (Å²) in [6, 6.07) is 2.06. The summed E-state index contributed by atoms with van der Waals surface area (Å²) in [6.45, 7) is 7.53. The number of aromatic nitrogens is 2. The third-order valence-corrected chi connectivity index (χ3v) is 1.96. The summed E-state index contributed by atoms with van der Waals surface area (Å²) in [5.74, 6) is 0. The van der Waals surface area contributed by atoms with Gasteiger partial charge in [-0.25, -0.2) is 0 Å². The first-order chi connectivity index (χ1) is 5.99. The summed E-state index contributed by atoms with van der Waals surface area (Å²) in [7, 11) is 1.98. The molecule has 1 heterocycles. The van der Waals surface area contributed by atoms with Gasteiger partial charge in [0.25, 0.3) is 0 Å². The number of hydrogen-bond donors (Lipinski definition) is 1. The number of rotatable bonds is 3. The Morgan fingerprint density at radius 3 is 2.62 bits per heavy atom. The van der Waals surface area contributed by atoms with Crippen molar-refractivity contribution in [3.8, 4) is 0 Å². The summed E-state index contributed by atoms with van der Waals surface area (Å²) >= 11 is 0. The maximum absolute atomic E-state index is 4.12. The second-order valence-corrected chi connectivity index (χ2v) is 4.37. The van der Waals surface area contributed by atoms with Crippen LogP contribution in [0.25, 0.3) is 0 Å². The fourth-order valence-corrected chi connectivity index (χ4v) is 1.21. The van der Waals surface area contributed by atoms with Gasteiger partial charge in [0.05, 0.1) is 0 Å². The fraction of sp³-hybridized carbons (Fsp3) is 0.700. The number of nitrogens with one attached hydrogen (secondary N) is 1. The molecule has 0 atom stereocenters. The van der Waals surface area contributed by atoms with Crippen molar-refractivity contribution in [1.29, 1.82) is 0 Å². The van der Waals surface area contributed by atoms with Crippen LogP contribution in [-0.2, 0) is 13.5 Å². The predicted octanol–water partition coefficient (Wildman–Crippen LogP) is 1.35. The van der Waals surface area contributed by atoms with Crippen LogP contribution in [0.15, 0.2) is 12.3 Å². The van der Waals surface area contributed by atoms with Gasteiger partial charge >= 0.3 is 0 Å². The van der Waals surface area contributed by atoms with E-state index in [1.54, 1.807) is 0 Å². The van der Waals surface area contributed by atoms with Gasteiger partial charge in [0, 0.05) is 37.4 Å². The minimum absolute atomic E-state index is 0.207. The Morgan fingerprint density at radius 1 is 1.46 bits per heavy atom. The molecule has 0 aliphatic carbocycles. The third kappa shape index (κ3) is 3.59. The molecule has 0 fully saturated rings. The molecule has 0 aliphatic rings. The molecule has 1 aromatic rings. The Balaban J connectivity index is 2.32. The van der Waals surface area contributed by atoms with Crippen LogP contribution in [0.2, 0.25) is 0 Å². The average Bonchev–Trinajstić information content (AvgIpc) is 2.34. The first-order valence-corrected chi connectivity index (χ1v) is 4.71. The maximum atomic E-state index is 4.12. The van der Waals surface area contributed by atoms with Crippen molar-refractivity contribution in [2.75, 3.05) is 6.54 Å². The Bertz CT molecular complexity index is 257. The van der Waals surface area contributed by atoms with E-state index in [-0.39, 0.29) is 5.54 Å². The average molecular weight is 181 g/mol. The highest BCUT2D eigenvalue weighted by Crippen LogP contribution is 2.00. The van der Waals surface area contributed by atoms with Crippen LogP contribution in [-0.4, -0.2) is 21.9 Å². The zero-order valence-corrected chi connectivity index (χ0v) is 8.96. The fourth-order valence-electron chi connectivity index (χ4n) is 1.21. The van der Waals surface area contributed by atoms with E-state index in [1.807, 2.05) is 17.9 Å². The summed E-state index contributed by atoms with van der Waals surface area (Å²) in [5, 5.41) is 7.57. The van der Waals surface area contributed by atoms with Crippen LogP contribution in [0.5, 0.6) is 0 Å². The van der Waals surface area contributed by atoms with Gasteiger partial charge in [-0.05, 0) is 26.8 Å². The molecule has 1 aromatic heterocycles. The van der Waals surface area contributed by atoms with Gasteiger partial charge < -0.3 is 5.32 Å². The quantitative estimate of drug-likeness (QED) is 0.763. The first-order valence-electron chi connectivity index (χ1n) is 4.71. The van der Waals surface area contributed by atoms with E-state index in [0.29, 0.717) is 0 Å². The smallest absolute Gasteiger partial charge is 0.0492 e. The standard InChI is InChI=1S/C10H19N3/c1-10(2,3)11-7-5-9-6-8-12-13(9)4/h6,8,11H,5,7H2,1-4H3. The van der Waals surface area contributed by atoms with Crippen LogP contribution in [0.1, 0.15) is 26.5 Å². The lowest BCUT2D eigenvalue weighted by atomic mass is 10.1. The Kier molecular flexibility index (Phi) is 3.09. The molecule has 0 saturated carbocycles. The van der Waals surface area contributed by atoms with Crippen LogP contribution in [0.4, 0.5) is 0 Å². The van der Waals surface area contributed by atoms with E-state index < -0.39 is 0 Å². The van der Waals surface area contributed by atoms with E-state index in [9.17, 15) is 0 Å². The lowest BCUT2D eigenvalue weighted by molar-refractivity contribution is 0.426. The Morgan fingerprint density at radius 2 is 2.15 bits per heavy atom. The molecule has 0 radical (unpaired) electrons. The molecular weight excluding hydrogens is 162 g/mol. The van der Waals surface area contributed by atoms with Gasteiger partial charge in [0.2, 0.25) is 0 Å². The number of nitrogens with zero attached hydrogens (tertiary/aromatic N) is 2. The molecule has 1 rings (SSSR count). The molecule has 1 N–H and O–H groups in total. The summed E-state index contributed by atoms with van der Waals surface area (Å²) < 4.78 is 1.92. The Labute approximate surface area is 80.1 Å². The molecule has 0 aromatic carbocycles. The van der Waals surface area contributed by atoms with Crippen LogP contribution >= 0.6 is 0 Å². The van der Waals surface area contributed by atoms with Crippen molar-refractivity contribution in [2.24, 2.45) is 7.05 Å². The third-order valence-electron chi connectivity index (χ3n) is 1.96. The summed E-state index contributed by atoms with van der Waals surface area (Å²) in [5.41, 5.74) is 1.48. The monoisotopic (exact) mass is 181 g/mol. The van der Waals surface area contributed by atoms with Crippen molar-refractivity contribution in [2.45, 2.75) is 32.7 Å². The SMILES string of the molecule is Cn1nccc1CCNC(C)(C)C. The summed E-state index contributed by atoms with van der Waals surface area (Å²) in [4.78, 5) is 0. The molecule has 3 heteroatoms. The molecule has 0 saturated heterocycles. The maximum Gasteiger partial charge on any atom is 0.0492 e. The minimum atomic E-state index is 0.207. The van der Waals surface area contributed by atoms with Gasteiger partial charge in [-0.15, -0.1) is 0 Å². The van der Waals surface area contributed by atoms with Crippen molar-refractivity contribution >= 4 is 0 Å². The molecule has 3 nitrogen and oxygen atoms in total. The highest BCUT2D eigenvalue weighted by atomic mass is 15.3. The van der Waals surface area contributed by atoms with Crippen molar-refractivity contribution in [1.82, 2.24) is 15.1 Å². The van der Waals surface area contributed by atoms with Crippen molar-refractivity contribution in [3.05, 3.63) is 18.0 Å². The van der Waals surface area contributed by atoms with E-state index >= 15 is 0 Å². The van der Waals surface area contributed by atoms with Crippen molar-refractivity contribution in [3.63, 3.8) is 0 Å². The highest BCUT2D eigenvalue weighted by Gasteiger charge is 2.08. The topological polar surface area (TPSA) is 29.9 Å². The largest absolute Gasteiger partial charge is 0.312 e. The van der Waals surface area contributed by atoms with Crippen LogP contribution in [0.3, 0.4) is 0 Å². The molecule has 0 bridgehead atoms. The first kappa shape index (κ1) is 10.3. The normalized spacial score (nSPS) is 12.0. The number of aryl methyl sites for hydroxylation is 1. The molecule has 13 heavy (non-hydrogen) atoms. The zero-order chi connectivity index (χ0) is 9.90. The highest BCUT2D eigenvalue weighted by molar-refractivity contribution is 5.00. The predicted molar refractivity (Wildman–Crippen MR) is 54.7 cm³/mol. The molecular formula is C10H19N3.